The quantitative estimate of drug-likeness (QED) is 0.581. The topological polar surface area (TPSA) is 77.3 Å². The van der Waals surface area contributed by atoms with E-state index < -0.39 is 16.4 Å². The Bertz CT molecular complexity index is 907. The fourth-order valence-corrected chi connectivity index (χ4v) is 3.02. The van der Waals surface area contributed by atoms with Gasteiger partial charge in [0, 0.05) is 30.0 Å². The number of nitrogens with zero attached hydrogens (tertiary/aromatic N) is 1. The maximum atomic E-state index is 13.1. The summed E-state index contributed by atoms with van der Waals surface area (Å²) >= 11 is 0. The number of ketones is 2. The second kappa shape index (κ2) is 6.51. The van der Waals surface area contributed by atoms with Gasteiger partial charge in [0.05, 0.1) is 4.92 Å². The normalized spacial score (nSPS) is 14.6. The molecule has 2 aliphatic rings. The van der Waals surface area contributed by atoms with E-state index in [9.17, 15) is 28.5 Å². The van der Waals surface area contributed by atoms with Gasteiger partial charge in [0.25, 0.3) is 0 Å². The van der Waals surface area contributed by atoms with Crippen LogP contribution < -0.4 is 0 Å². The number of fused-ring (bicyclic) bond motifs is 2. The molecule has 0 bridgehead atoms. The first-order valence-electron chi connectivity index (χ1n) is 7.68. The molecule has 0 aliphatic heterocycles. The Morgan fingerprint density at radius 3 is 2.08 bits per heavy atom. The molecule has 0 heterocycles. The number of carbonyl (C=O) groups is 2. The molecule has 128 valence electrons. The number of hydrogen-bond donors (Lipinski definition) is 0. The highest BCUT2D eigenvalue weighted by molar-refractivity contribution is 6.01. The third-order valence-electron chi connectivity index (χ3n) is 4.28. The van der Waals surface area contributed by atoms with Crippen LogP contribution in [-0.4, -0.2) is 16.5 Å². The molecule has 2 aromatic rings. The van der Waals surface area contributed by atoms with Crippen molar-refractivity contribution < 1.29 is 23.3 Å². The van der Waals surface area contributed by atoms with Crippen LogP contribution in [0.2, 0.25) is 0 Å². The second-order valence-corrected chi connectivity index (χ2v) is 5.87. The van der Waals surface area contributed by atoms with Gasteiger partial charge in [0.1, 0.15) is 5.82 Å². The molecular formula is C18H13F2NO4. The van der Waals surface area contributed by atoms with Crippen LogP contribution in [-0.2, 0) is 12.8 Å². The predicted molar refractivity (Wildman–Crippen MR) is 84.8 cm³/mol. The molecule has 4 rings (SSSR count). The fraction of sp³-hybridized carbons (Fsp3) is 0.222. The van der Waals surface area contributed by atoms with Gasteiger partial charge in [0.15, 0.2) is 11.6 Å². The smallest absolute Gasteiger partial charge is 0.294 e. The molecule has 7 heteroatoms. The van der Waals surface area contributed by atoms with Crippen molar-refractivity contribution in [2.75, 3.05) is 0 Å². The van der Waals surface area contributed by atoms with Crippen molar-refractivity contribution >= 4 is 17.3 Å². The van der Waals surface area contributed by atoms with Crippen molar-refractivity contribution in [1.82, 2.24) is 0 Å². The van der Waals surface area contributed by atoms with Crippen LogP contribution in [0.25, 0.3) is 0 Å². The lowest BCUT2D eigenvalue weighted by Gasteiger charge is -1.98. The zero-order valence-electron chi connectivity index (χ0n) is 13.1. The van der Waals surface area contributed by atoms with E-state index in [-0.39, 0.29) is 22.9 Å². The van der Waals surface area contributed by atoms with Crippen LogP contribution in [0.5, 0.6) is 0 Å². The van der Waals surface area contributed by atoms with Gasteiger partial charge in [-0.15, -0.1) is 0 Å². The molecule has 0 amide bonds. The molecule has 0 saturated carbocycles. The van der Waals surface area contributed by atoms with E-state index in [2.05, 4.69) is 0 Å². The van der Waals surface area contributed by atoms with Crippen molar-refractivity contribution in [2.24, 2.45) is 0 Å². The maximum Gasteiger partial charge on any atom is 0.305 e. The van der Waals surface area contributed by atoms with Crippen LogP contribution in [0.15, 0.2) is 30.3 Å². The summed E-state index contributed by atoms with van der Waals surface area (Å²) < 4.78 is 25.6. The van der Waals surface area contributed by atoms with Crippen LogP contribution >= 0.6 is 0 Å². The van der Waals surface area contributed by atoms with Crippen molar-refractivity contribution in [2.45, 2.75) is 25.7 Å². The number of halogens is 2. The molecule has 0 fully saturated rings. The Morgan fingerprint density at radius 2 is 1.44 bits per heavy atom. The van der Waals surface area contributed by atoms with Crippen LogP contribution in [0.3, 0.4) is 0 Å². The molecule has 2 aliphatic carbocycles. The van der Waals surface area contributed by atoms with Gasteiger partial charge in [-0.3, -0.25) is 19.7 Å². The first kappa shape index (κ1) is 16.9. The van der Waals surface area contributed by atoms with Crippen molar-refractivity contribution in [1.29, 1.82) is 0 Å². The molecule has 0 radical (unpaired) electrons. The Morgan fingerprint density at radius 1 is 0.840 bits per heavy atom. The molecule has 0 N–H and O–H groups in total. The highest BCUT2D eigenvalue weighted by Crippen LogP contribution is 2.28. The minimum absolute atomic E-state index is 0.139. The van der Waals surface area contributed by atoms with E-state index in [0.29, 0.717) is 36.8 Å². The Kier molecular flexibility index (Phi) is 4.39. The van der Waals surface area contributed by atoms with Crippen LogP contribution in [0, 0.1) is 21.7 Å². The van der Waals surface area contributed by atoms with Gasteiger partial charge in [-0.1, -0.05) is 0 Å². The lowest BCUT2D eigenvalue weighted by molar-refractivity contribution is -0.387. The van der Waals surface area contributed by atoms with Gasteiger partial charge in [-0.2, -0.15) is 4.39 Å². The van der Waals surface area contributed by atoms with E-state index >= 15 is 0 Å². The molecule has 0 spiro atoms. The van der Waals surface area contributed by atoms with E-state index in [1.807, 2.05) is 0 Å². The highest BCUT2D eigenvalue weighted by atomic mass is 19.1. The summed E-state index contributed by atoms with van der Waals surface area (Å²) in [6.45, 7) is 0. The zero-order chi connectivity index (χ0) is 18.1. The molecule has 0 aromatic heterocycles. The Hall–Kier alpha value is -2.96. The number of carbonyl (C=O) groups excluding carboxylic acids is 2. The number of benzene rings is 2. The summed E-state index contributed by atoms with van der Waals surface area (Å²) in [5.74, 6) is -1.13. The van der Waals surface area contributed by atoms with Gasteiger partial charge >= 0.3 is 5.69 Å². The third kappa shape index (κ3) is 3.31. The van der Waals surface area contributed by atoms with Crippen molar-refractivity contribution in [3.63, 3.8) is 0 Å². The summed E-state index contributed by atoms with van der Waals surface area (Å²) in [5.41, 5.74) is 1.79. The number of nitro groups is 1. The van der Waals surface area contributed by atoms with Crippen molar-refractivity contribution in [3.8, 4) is 0 Å². The summed E-state index contributed by atoms with van der Waals surface area (Å²) in [6, 6.07) is 6.46. The Balaban J connectivity index is 0.000000150. The maximum absolute atomic E-state index is 13.1. The van der Waals surface area contributed by atoms with Crippen LogP contribution in [0.1, 0.15) is 44.7 Å². The summed E-state index contributed by atoms with van der Waals surface area (Å²) in [4.78, 5) is 31.8. The fourth-order valence-electron chi connectivity index (χ4n) is 3.02. The van der Waals surface area contributed by atoms with Crippen LogP contribution in [0.4, 0.5) is 14.5 Å². The monoisotopic (exact) mass is 345 g/mol. The third-order valence-corrected chi connectivity index (χ3v) is 4.28. The van der Waals surface area contributed by atoms with E-state index in [0.717, 1.165) is 17.7 Å². The SMILES string of the molecule is O=C1CCc2cc(F)c([N+](=O)[O-])cc21.O=C1CCc2cc(F)ccc21. The predicted octanol–water partition coefficient (Wildman–Crippen LogP) is 3.82. The van der Waals surface area contributed by atoms with E-state index in [1.165, 1.54) is 12.1 Å². The molecule has 0 atom stereocenters. The lowest BCUT2D eigenvalue weighted by atomic mass is 10.1. The zero-order valence-corrected chi connectivity index (χ0v) is 13.1. The summed E-state index contributed by atoms with van der Waals surface area (Å²) in [5, 5.41) is 10.4. The average molecular weight is 345 g/mol. The molecular weight excluding hydrogens is 332 g/mol. The van der Waals surface area contributed by atoms with Gasteiger partial charge in [-0.05, 0) is 48.2 Å². The molecule has 5 nitrogen and oxygen atoms in total. The molecule has 0 saturated heterocycles. The molecule has 0 unspecified atom stereocenters. The highest BCUT2D eigenvalue weighted by Gasteiger charge is 2.25. The minimum atomic E-state index is -0.872. The van der Waals surface area contributed by atoms with Gasteiger partial charge in [-0.25, -0.2) is 4.39 Å². The first-order chi connectivity index (χ1) is 11.9. The average Bonchev–Trinajstić information content (AvgIpc) is 3.10. The largest absolute Gasteiger partial charge is 0.305 e. The first-order valence-corrected chi connectivity index (χ1v) is 7.68. The molecule has 25 heavy (non-hydrogen) atoms. The second-order valence-electron chi connectivity index (χ2n) is 5.87. The van der Waals surface area contributed by atoms with Gasteiger partial charge < -0.3 is 0 Å². The lowest BCUT2D eigenvalue weighted by Crippen LogP contribution is -1.97. The number of hydrogen-bond acceptors (Lipinski definition) is 4. The Labute approximate surface area is 141 Å². The standard InChI is InChI=1S/C9H6FNO3.C9H7FO/c10-7-3-5-1-2-9(12)6(5)4-8(7)11(13)14;10-7-2-3-8-6(5-7)1-4-9(8)11/h3-4H,1-2H2;2-3,5H,1,4H2. The number of aryl methyl sites for hydroxylation is 2. The van der Waals surface area contributed by atoms with Gasteiger partial charge in [0.2, 0.25) is 5.82 Å². The van der Waals surface area contributed by atoms with E-state index in [4.69, 9.17) is 0 Å². The number of Topliss-reactive ketones (excluding diaryl/α,β-unsaturated/α-hetero) is 2. The number of nitro benzene ring substituents is 1. The van der Waals surface area contributed by atoms with Crippen molar-refractivity contribution in [3.05, 3.63) is 74.3 Å². The minimum Gasteiger partial charge on any atom is -0.294 e. The number of rotatable bonds is 1. The summed E-state index contributed by atoms with van der Waals surface area (Å²) in [7, 11) is 0. The van der Waals surface area contributed by atoms with E-state index in [1.54, 1.807) is 6.07 Å². The summed E-state index contributed by atoms with van der Waals surface area (Å²) in [6.07, 6.45) is 2.03. The molecule has 2 aromatic carbocycles.